The minimum atomic E-state index is 1.15. The van der Waals surface area contributed by atoms with Crippen molar-refractivity contribution in [2.75, 3.05) is 0 Å². The average molecular weight is 275 g/mol. The van der Waals surface area contributed by atoms with E-state index >= 15 is 0 Å². The van der Waals surface area contributed by atoms with Gasteiger partial charge in [0.2, 0.25) is 0 Å². The minimum Gasteiger partial charge on any atom is -0.257 e. The number of unbranched alkanes of at least 4 members (excludes halogenated alkanes) is 3. The van der Waals surface area contributed by atoms with Gasteiger partial charge in [-0.05, 0) is 51.2 Å². The summed E-state index contributed by atoms with van der Waals surface area (Å²) in [5.74, 6) is 0. The van der Waals surface area contributed by atoms with Crippen molar-refractivity contribution in [3.63, 3.8) is 0 Å². The fourth-order valence-electron chi connectivity index (χ4n) is 2.44. The van der Waals surface area contributed by atoms with Crippen LogP contribution in [0.2, 0.25) is 0 Å². The van der Waals surface area contributed by atoms with Crippen LogP contribution in [0.1, 0.15) is 68.5 Å². The lowest BCUT2D eigenvalue weighted by Crippen LogP contribution is -1.88. The van der Waals surface area contributed by atoms with Crippen molar-refractivity contribution in [3.05, 3.63) is 28.0 Å². The maximum Gasteiger partial charge on any atom is 0.0761 e. The van der Waals surface area contributed by atoms with Crippen LogP contribution in [0.25, 0.3) is 5.70 Å². The molecule has 0 saturated carbocycles. The maximum atomic E-state index is 4.76. The lowest BCUT2D eigenvalue weighted by atomic mass is 10.1. The molecule has 104 valence electrons. The maximum absolute atomic E-state index is 4.76. The van der Waals surface area contributed by atoms with E-state index in [2.05, 4.69) is 32.1 Å². The van der Waals surface area contributed by atoms with Gasteiger partial charge in [0.1, 0.15) is 0 Å². The zero-order valence-electron chi connectivity index (χ0n) is 12.2. The van der Waals surface area contributed by atoms with Gasteiger partial charge in [-0.2, -0.15) is 0 Å². The summed E-state index contributed by atoms with van der Waals surface area (Å²) in [5, 5.41) is 0. The topological polar surface area (TPSA) is 12.4 Å². The van der Waals surface area contributed by atoms with Crippen LogP contribution in [0, 0.1) is 0 Å². The van der Waals surface area contributed by atoms with Gasteiger partial charge < -0.3 is 0 Å². The Balaban J connectivity index is 1.96. The highest BCUT2D eigenvalue weighted by Crippen LogP contribution is 2.28. The highest BCUT2D eigenvalue weighted by molar-refractivity contribution is 7.13. The van der Waals surface area contributed by atoms with E-state index in [0.717, 1.165) is 6.42 Å². The van der Waals surface area contributed by atoms with Crippen LogP contribution in [0.3, 0.4) is 0 Å². The molecule has 1 nitrogen and oxygen atoms in total. The van der Waals surface area contributed by atoms with E-state index in [1.807, 2.05) is 11.3 Å². The summed E-state index contributed by atoms with van der Waals surface area (Å²) in [6, 6.07) is 4.55. The van der Waals surface area contributed by atoms with Crippen molar-refractivity contribution < 1.29 is 0 Å². The van der Waals surface area contributed by atoms with Crippen molar-refractivity contribution in [1.29, 1.82) is 0 Å². The predicted molar refractivity (Wildman–Crippen MR) is 87.1 cm³/mol. The molecule has 0 atom stereocenters. The van der Waals surface area contributed by atoms with Crippen LogP contribution >= 0.6 is 11.3 Å². The lowest BCUT2D eigenvalue weighted by Gasteiger charge is -1.99. The van der Waals surface area contributed by atoms with E-state index in [1.54, 1.807) is 0 Å². The Morgan fingerprint density at radius 2 is 2.11 bits per heavy atom. The number of allylic oxidation sites excluding steroid dienone is 1. The number of nitrogens with zero attached hydrogens (tertiary/aromatic N) is 1. The zero-order chi connectivity index (χ0) is 13.5. The van der Waals surface area contributed by atoms with Crippen LogP contribution in [0.4, 0.5) is 0 Å². The van der Waals surface area contributed by atoms with Crippen molar-refractivity contribution in [3.8, 4) is 0 Å². The van der Waals surface area contributed by atoms with Gasteiger partial charge in [-0.3, -0.25) is 4.99 Å². The molecule has 19 heavy (non-hydrogen) atoms. The number of thiophene rings is 1. The molecule has 0 aromatic carbocycles. The summed E-state index contributed by atoms with van der Waals surface area (Å²) < 4.78 is 0. The van der Waals surface area contributed by atoms with E-state index in [-0.39, 0.29) is 0 Å². The average Bonchev–Trinajstić information content (AvgIpc) is 2.77. The molecular weight excluding hydrogens is 250 g/mol. The molecule has 2 heteroatoms. The highest BCUT2D eigenvalue weighted by atomic mass is 32.1. The second-order valence-electron chi connectivity index (χ2n) is 5.41. The molecule has 0 N–H and O–H groups in total. The second kappa shape index (κ2) is 7.64. The van der Waals surface area contributed by atoms with E-state index in [9.17, 15) is 0 Å². The van der Waals surface area contributed by atoms with Gasteiger partial charge >= 0.3 is 0 Å². The quantitative estimate of drug-likeness (QED) is 0.577. The third kappa shape index (κ3) is 4.61. The first-order valence-corrected chi connectivity index (χ1v) is 8.44. The molecule has 0 fully saturated rings. The predicted octanol–water partition coefficient (Wildman–Crippen LogP) is 5.86. The second-order valence-corrected chi connectivity index (χ2v) is 6.57. The summed E-state index contributed by atoms with van der Waals surface area (Å²) >= 11 is 1.93. The largest absolute Gasteiger partial charge is 0.257 e. The molecule has 1 aromatic heterocycles. The van der Waals surface area contributed by atoms with Gasteiger partial charge in [-0.15, -0.1) is 11.3 Å². The summed E-state index contributed by atoms with van der Waals surface area (Å²) in [6.45, 7) is 4.42. The molecular formula is C17H25NS. The first-order chi connectivity index (χ1) is 9.29. The number of hydrogen-bond acceptors (Lipinski definition) is 2. The van der Waals surface area contributed by atoms with E-state index in [0.29, 0.717) is 0 Å². The standard InChI is InChI=1S/C17H25NS/c1-3-4-5-6-10-15-12-13-17(19-15)16-11-8-7-9-14(2)18-16/h11-13H,3-10H2,1-2H3. The molecule has 0 saturated heterocycles. The van der Waals surface area contributed by atoms with E-state index < -0.39 is 0 Å². The molecule has 0 unspecified atom stereocenters. The number of rotatable bonds is 6. The molecule has 1 aliphatic heterocycles. The minimum absolute atomic E-state index is 1.15. The van der Waals surface area contributed by atoms with Gasteiger partial charge in [-0.1, -0.05) is 32.3 Å². The van der Waals surface area contributed by atoms with Gasteiger partial charge in [0, 0.05) is 10.6 Å². The summed E-state index contributed by atoms with van der Waals surface area (Å²) in [6.07, 6.45) is 12.5. The van der Waals surface area contributed by atoms with Crippen molar-refractivity contribution in [1.82, 2.24) is 0 Å². The fraction of sp³-hybridized carbons (Fsp3) is 0.588. The zero-order valence-corrected chi connectivity index (χ0v) is 13.1. The van der Waals surface area contributed by atoms with Gasteiger partial charge in [0.05, 0.1) is 10.6 Å². The van der Waals surface area contributed by atoms with Crippen LogP contribution in [0.15, 0.2) is 23.2 Å². The van der Waals surface area contributed by atoms with E-state index in [1.165, 1.54) is 66.1 Å². The van der Waals surface area contributed by atoms with Crippen molar-refractivity contribution in [2.45, 2.75) is 65.2 Å². The first-order valence-electron chi connectivity index (χ1n) is 7.63. The SMILES string of the molecule is CCCCCCc1ccc(C2=CCCCC(C)=N2)s1. The highest BCUT2D eigenvalue weighted by Gasteiger charge is 2.08. The lowest BCUT2D eigenvalue weighted by molar-refractivity contribution is 0.670. The Morgan fingerprint density at radius 3 is 2.95 bits per heavy atom. The third-order valence-corrected chi connectivity index (χ3v) is 4.75. The Hall–Kier alpha value is -0.890. The fourth-order valence-corrected chi connectivity index (χ4v) is 3.47. The monoisotopic (exact) mass is 275 g/mol. The Bertz CT molecular complexity index is 454. The Kier molecular flexibility index (Phi) is 5.84. The number of aryl methyl sites for hydroxylation is 1. The Morgan fingerprint density at radius 1 is 1.21 bits per heavy atom. The van der Waals surface area contributed by atoms with E-state index in [4.69, 9.17) is 4.99 Å². The normalized spacial score (nSPS) is 15.9. The van der Waals surface area contributed by atoms with Crippen LogP contribution in [-0.2, 0) is 6.42 Å². The number of aliphatic imine (C=N–C) groups is 1. The molecule has 0 aliphatic carbocycles. The van der Waals surface area contributed by atoms with Gasteiger partial charge in [0.25, 0.3) is 0 Å². The molecule has 0 bridgehead atoms. The Labute approximate surface area is 121 Å². The molecule has 0 amide bonds. The third-order valence-electron chi connectivity index (χ3n) is 3.58. The summed E-state index contributed by atoms with van der Waals surface area (Å²) in [4.78, 5) is 7.63. The van der Waals surface area contributed by atoms with Crippen LogP contribution in [0.5, 0.6) is 0 Å². The van der Waals surface area contributed by atoms with Crippen molar-refractivity contribution >= 4 is 22.7 Å². The first kappa shape index (κ1) is 14.5. The smallest absolute Gasteiger partial charge is 0.0761 e. The summed E-state index contributed by atoms with van der Waals surface area (Å²) in [5.41, 5.74) is 2.49. The van der Waals surface area contributed by atoms with Gasteiger partial charge in [0.15, 0.2) is 0 Å². The molecule has 2 rings (SSSR count). The number of hydrogen-bond donors (Lipinski definition) is 0. The molecule has 1 aliphatic rings. The molecule has 1 aromatic rings. The summed E-state index contributed by atoms with van der Waals surface area (Å²) in [7, 11) is 0. The molecule has 2 heterocycles. The molecule has 0 spiro atoms. The molecule has 0 radical (unpaired) electrons. The van der Waals surface area contributed by atoms with Crippen LogP contribution < -0.4 is 0 Å². The van der Waals surface area contributed by atoms with Crippen molar-refractivity contribution in [2.24, 2.45) is 4.99 Å². The van der Waals surface area contributed by atoms with Gasteiger partial charge in [-0.25, -0.2) is 0 Å². The van der Waals surface area contributed by atoms with Crippen LogP contribution in [-0.4, -0.2) is 5.71 Å².